The number of likely N-dealkylation sites (tertiary alicyclic amines) is 1. The van der Waals surface area contributed by atoms with E-state index >= 15 is 0 Å². The Labute approximate surface area is 91.7 Å². The lowest BCUT2D eigenvalue weighted by Gasteiger charge is -2.43. The van der Waals surface area contributed by atoms with Crippen molar-refractivity contribution in [3.63, 3.8) is 0 Å². The predicted octanol–water partition coefficient (Wildman–Crippen LogP) is 0.337. The number of carbonyl (C=O) groups excluding carboxylic acids is 1. The van der Waals surface area contributed by atoms with E-state index in [9.17, 15) is 9.90 Å². The summed E-state index contributed by atoms with van der Waals surface area (Å²) in [5.41, 5.74) is -0.523. The smallest absolute Gasteiger partial charge is 0.274 e. The summed E-state index contributed by atoms with van der Waals surface area (Å²) < 4.78 is 0. The van der Waals surface area contributed by atoms with Crippen LogP contribution in [0.1, 0.15) is 17.4 Å². The average molecular weight is 228 g/mol. The second-order valence-electron chi connectivity index (χ2n) is 3.88. The molecule has 1 fully saturated rings. The van der Waals surface area contributed by atoms with E-state index in [0.717, 1.165) is 0 Å². The molecule has 1 saturated heterocycles. The number of carbonyl (C=O) groups is 1. The molecular formula is C9H10ClN3O2. The van der Waals surface area contributed by atoms with Crippen LogP contribution in [0.3, 0.4) is 0 Å². The first kappa shape index (κ1) is 10.3. The highest BCUT2D eigenvalue weighted by Crippen LogP contribution is 2.21. The van der Waals surface area contributed by atoms with Crippen molar-refractivity contribution in [2.24, 2.45) is 0 Å². The fraction of sp³-hybridized carbons (Fsp3) is 0.444. The lowest BCUT2D eigenvalue weighted by molar-refractivity contribution is -0.0670. The number of aromatic nitrogens is 2. The number of nitrogens with zero attached hydrogens (tertiary/aromatic N) is 3. The van der Waals surface area contributed by atoms with Gasteiger partial charge in [-0.3, -0.25) is 4.79 Å². The molecule has 0 atom stereocenters. The highest BCUT2D eigenvalue weighted by Gasteiger charge is 2.40. The van der Waals surface area contributed by atoms with Gasteiger partial charge >= 0.3 is 0 Å². The van der Waals surface area contributed by atoms with Crippen molar-refractivity contribution >= 4 is 17.5 Å². The van der Waals surface area contributed by atoms with Gasteiger partial charge in [0.1, 0.15) is 10.8 Å². The first-order chi connectivity index (χ1) is 6.98. The van der Waals surface area contributed by atoms with Crippen LogP contribution in [-0.4, -0.2) is 44.6 Å². The van der Waals surface area contributed by atoms with Crippen LogP contribution < -0.4 is 0 Å². The van der Waals surface area contributed by atoms with Crippen LogP contribution in [0.15, 0.2) is 12.4 Å². The maximum Gasteiger partial charge on any atom is 0.274 e. The van der Waals surface area contributed by atoms with E-state index in [0.29, 0.717) is 13.1 Å². The number of hydrogen-bond acceptors (Lipinski definition) is 4. The first-order valence-corrected chi connectivity index (χ1v) is 4.85. The van der Waals surface area contributed by atoms with Crippen molar-refractivity contribution in [3.8, 4) is 0 Å². The van der Waals surface area contributed by atoms with Gasteiger partial charge in [-0.15, -0.1) is 0 Å². The molecule has 1 aliphatic heterocycles. The van der Waals surface area contributed by atoms with Gasteiger partial charge in [0.2, 0.25) is 0 Å². The van der Waals surface area contributed by atoms with E-state index in [2.05, 4.69) is 9.97 Å². The Morgan fingerprint density at radius 3 is 2.67 bits per heavy atom. The van der Waals surface area contributed by atoms with E-state index in [1.54, 1.807) is 6.92 Å². The van der Waals surface area contributed by atoms with E-state index in [1.165, 1.54) is 17.3 Å². The molecular weight excluding hydrogens is 218 g/mol. The Balaban J connectivity index is 2.07. The lowest BCUT2D eigenvalue weighted by atomic mass is 9.97. The predicted molar refractivity (Wildman–Crippen MR) is 53.6 cm³/mol. The van der Waals surface area contributed by atoms with Crippen LogP contribution in [-0.2, 0) is 0 Å². The van der Waals surface area contributed by atoms with Crippen molar-refractivity contribution in [2.75, 3.05) is 13.1 Å². The molecule has 1 amide bonds. The van der Waals surface area contributed by atoms with E-state index in [-0.39, 0.29) is 16.8 Å². The fourth-order valence-electron chi connectivity index (χ4n) is 1.50. The summed E-state index contributed by atoms with van der Waals surface area (Å²) in [5.74, 6) is -0.231. The molecule has 0 aromatic carbocycles. The minimum Gasteiger partial charge on any atom is -0.386 e. The van der Waals surface area contributed by atoms with Gasteiger partial charge in [0, 0.05) is 0 Å². The quantitative estimate of drug-likeness (QED) is 0.751. The maximum atomic E-state index is 11.7. The topological polar surface area (TPSA) is 66.3 Å². The van der Waals surface area contributed by atoms with Gasteiger partial charge in [-0.25, -0.2) is 9.97 Å². The van der Waals surface area contributed by atoms with E-state index in [4.69, 9.17) is 11.6 Å². The number of amides is 1. The zero-order valence-electron chi connectivity index (χ0n) is 8.14. The summed E-state index contributed by atoms with van der Waals surface area (Å²) in [5, 5.41) is 9.72. The molecule has 1 aromatic rings. The Hall–Kier alpha value is -1.20. The SMILES string of the molecule is CC1(O)CN(C(=O)c2cnc(Cl)cn2)C1. The van der Waals surface area contributed by atoms with Gasteiger partial charge < -0.3 is 10.0 Å². The summed E-state index contributed by atoms with van der Waals surface area (Å²) in [4.78, 5) is 20.8. The molecule has 0 unspecified atom stereocenters. The van der Waals surface area contributed by atoms with Gasteiger partial charge in [-0.05, 0) is 6.92 Å². The average Bonchev–Trinajstić information content (AvgIpc) is 2.14. The standard InChI is InChI=1S/C9H10ClN3O2/c1-9(15)4-13(5-9)8(14)6-2-12-7(10)3-11-6/h2-3,15H,4-5H2,1H3. The van der Waals surface area contributed by atoms with Gasteiger partial charge in [-0.1, -0.05) is 11.6 Å². The van der Waals surface area contributed by atoms with Crippen LogP contribution in [0.2, 0.25) is 5.15 Å². The number of aliphatic hydroxyl groups is 1. The molecule has 2 heterocycles. The van der Waals surface area contributed by atoms with Crippen LogP contribution in [0.4, 0.5) is 0 Å². The molecule has 2 rings (SSSR count). The maximum absolute atomic E-state index is 11.7. The molecule has 1 aromatic heterocycles. The van der Waals surface area contributed by atoms with Crippen molar-refractivity contribution < 1.29 is 9.90 Å². The van der Waals surface area contributed by atoms with Crippen molar-refractivity contribution in [2.45, 2.75) is 12.5 Å². The minimum absolute atomic E-state index is 0.231. The normalized spacial score (nSPS) is 18.5. The summed E-state index contributed by atoms with van der Waals surface area (Å²) in [6.45, 7) is 2.34. The lowest BCUT2D eigenvalue weighted by Crippen LogP contribution is -2.61. The molecule has 1 N–H and O–H groups in total. The Morgan fingerprint density at radius 1 is 1.53 bits per heavy atom. The number of halogens is 1. The Bertz CT molecular complexity index is 383. The van der Waals surface area contributed by atoms with Crippen LogP contribution in [0.25, 0.3) is 0 Å². The molecule has 0 spiro atoms. The zero-order valence-corrected chi connectivity index (χ0v) is 8.90. The largest absolute Gasteiger partial charge is 0.386 e. The summed E-state index contributed by atoms with van der Waals surface area (Å²) in [7, 11) is 0. The van der Waals surface area contributed by atoms with Crippen molar-refractivity contribution in [1.29, 1.82) is 0 Å². The third kappa shape index (κ3) is 2.08. The van der Waals surface area contributed by atoms with Crippen molar-refractivity contribution in [1.82, 2.24) is 14.9 Å². The van der Waals surface area contributed by atoms with Crippen LogP contribution >= 0.6 is 11.6 Å². The summed E-state index contributed by atoms with van der Waals surface area (Å²) in [6, 6.07) is 0. The van der Waals surface area contributed by atoms with Crippen molar-refractivity contribution in [3.05, 3.63) is 23.2 Å². The summed E-state index contributed by atoms with van der Waals surface area (Å²) >= 11 is 5.55. The highest BCUT2D eigenvalue weighted by molar-refractivity contribution is 6.29. The number of rotatable bonds is 1. The third-order valence-corrected chi connectivity index (χ3v) is 2.38. The van der Waals surface area contributed by atoms with Crippen LogP contribution in [0.5, 0.6) is 0 Å². The second-order valence-corrected chi connectivity index (χ2v) is 4.27. The molecule has 15 heavy (non-hydrogen) atoms. The molecule has 0 saturated carbocycles. The fourth-order valence-corrected chi connectivity index (χ4v) is 1.60. The third-order valence-electron chi connectivity index (χ3n) is 2.19. The van der Waals surface area contributed by atoms with Crippen LogP contribution in [0, 0.1) is 0 Å². The van der Waals surface area contributed by atoms with Gasteiger partial charge in [0.25, 0.3) is 5.91 Å². The number of β-amino-alcohol motifs (C(OH)–C–C–N with tert-alkyl or cyclic N) is 1. The monoisotopic (exact) mass is 227 g/mol. The minimum atomic E-state index is -0.768. The summed E-state index contributed by atoms with van der Waals surface area (Å²) in [6.07, 6.45) is 2.66. The number of hydrogen-bond donors (Lipinski definition) is 1. The van der Waals surface area contributed by atoms with E-state index < -0.39 is 5.60 Å². The molecule has 0 aliphatic carbocycles. The zero-order chi connectivity index (χ0) is 11.1. The molecule has 0 bridgehead atoms. The highest BCUT2D eigenvalue weighted by atomic mass is 35.5. The van der Waals surface area contributed by atoms with Gasteiger partial charge in [-0.2, -0.15) is 0 Å². The Kier molecular flexibility index (Phi) is 2.36. The second kappa shape index (κ2) is 3.43. The Morgan fingerprint density at radius 2 is 2.20 bits per heavy atom. The van der Waals surface area contributed by atoms with Gasteiger partial charge in [0.05, 0.1) is 31.1 Å². The first-order valence-electron chi connectivity index (χ1n) is 4.47. The molecule has 5 nitrogen and oxygen atoms in total. The molecule has 6 heteroatoms. The molecule has 1 aliphatic rings. The molecule has 0 radical (unpaired) electrons. The van der Waals surface area contributed by atoms with E-state index in [1.807, 2.05) is 0 Å². The van der Waals surface area contributed by atoms with Gasteiger partial charge in [0.15, 0.2) is 0 Å². The molecule has 80 valence electrons.